The van der Waals surface area contributed by atoms with Crippen molar-refractivity contribution in [3.05, 3.63) is 34.2 Å². The summed E-state index contributed by atoms with van der Waals surface area (Å²) in [5.41, 5.74) is 0. The minimum atomic E-state index is 0.881. The highest BCUT2D eigenvalue weighted by molar-refractivity contribution is 7.19. The highest BCUT2D eigenvalue weighted by Crippen LogP contribution is 2.34. The molecule has 21 heavy (non-hydrogen) atoms. The Morgan fingerprint density at radius 2 is 1.86 bits per heavy atom. The average molecular weight is 323 g/mol. The number of likely N-dealkylation sites (tertiary alicyclic amines) is 1. The predicted octanol–water partition coefficient (Wildman–Crippen LogP) is 4.52. The molecule has 0 unspecified atom stereocenters. The van der Waals surface area contributed by atoms with E-state index in [1.807, 2.05) is 0 Å². The number of halogens is 1. The standard InChI is InChI=1S/C17H23ClN2S/c18-17-14-7-3-4-8-15(14)21-16(17)13-19-9-12-20-10-5-1-2-6-11-20/h3-4,7-8,19H,1-2,5-6,9-13H2. The maximum absolute atomic E-state index is 6.47. The molecule has 1 N–H and O–H groups in total. The highest BCUT2D eigenvalue weighted by atomic mass is 35.5. The molecular formula is C17H23ClN2S. The van der Waals surface area contributed by atoms with Crippen molar-refractivity contribution < 1.29 is 0 Å². The van der Waals surface area contributed by atoms with Crippen molar-refractivity contribution in [3.63, 3.8) is 0 Å². The Morgan fingerprint density at radius 3 is 2.62 bits per heavy atom. The fourth-order valence-corrected chi connectivity index (χ4v) is 4.45. The summed E-state index contributed by atoms with van der Waals surface area (Å²) in [6.07, 6.45) is 5.53. The van der Waals surface area contributed by atoms with Crippen molar-refractivity contribution in [2.24, 2.45) is 0 Å². The smallest absolute Gasteiger partial charge is 0.0636 e. The number of nitrogens with one attached hydrogen (secondary N) is 1. The molecule has 0 bridgehead atoms. The van der Waals surface area contributed by atoms with E-state index >= 15 is 0 Å². The van der Waals surface area contributed by atoms with Crippen LogP contribution in [0.1, 0.15) is 30.6 Å². The molecule has 114 valence electrons. The summed E-state index contributed by atoms with van der Waals surface area (Å²) < 4.78 is 1.28. The largest absolute Gasteiger partial charge is 0.311 e. The van der Waals surface area contributed by atoms with Gasteiger partial charge in [-0.2, -0.15) is 0 Å². The topological polar surface area (TPSA) is 15.3 Å². The second-order valence-corrected chi connectivity index (χ2v) is 7.28. The van der Waals surface area contributed by atoms with Crippen LogP contribution in [-0.2, 0) is 6.54 Å². The Kier molecular flexibility index (Phi) is 5.53. The first-order chi connectivity index (χ1) is 10.3. The van der Waals surface area contributed by atoms with Crippen LogP contribution in [0.25, 0.3) is 10.1 Å². The third-order valence-electron chi connectivity index (χ3n) is 4.19. The number of thiophene rings is 1. The molecule has 2 heterocycles. The van der Waals surface area contributed by atoms with Crippen molar-refractivity contribution in [1.29, 1.82) is 0 Å². The summed E-state index contributed by atoms with van der Waals surface area (Å²) in [6.45, 7) is 5.62. The zero-order valence-corrected chi connectivity index (χ0v) is 14.0. The Bertz CT molecular complexity index is 573. The van der Waals surface area contributed by atoms with Crippen molar-refractivity contribution in [1.82, 2.24) is 10.2 Å². The van der Waals surface area contributed by atoms with Crippen LogP contribution in [0.5, 0.6) is 0 Å². The van der Waals surface area contributed by atoms with Gasteiger partial charge in [-0.15, -0.1) is 11.3 Å². The summed E-state index contributed by atoms with van der Waals surface area (Å²) >= 11 is 8.27. The monoisotopic (exact) mass is 322 g/mol. The number of hydrogen-bond acceptors (Lipinski definition) is 3. The number of fused-ring (bicyclic) bond motifs is 1. The first-order valence-electron chi connectivity index (χ1n) is 7.93. The molecular weight excluding hydrogens is 300 g/mol. The van der Waals surface area contributed by atoms with Gasteiger partial charge in [-0.3, -0.25) is 0 Å². The summed E-state index contributed by atoms with van der Waals surface area (Å²) in [4.78, 5) is 3.85. The number of nitrogens with zero attached hydrogens (tertiary/aromatic N) is 1. The zero-order valence-electron chi connectivity index (χ0n) is 12.4. The first-order valence-corrected chi connectivity index (χ1v) is 9.13. The van der Waals surface area contributed by atoms with Gasteiger partial charge in [0.1, 0.15) is 0 Å². The van der Waals surface area contributed by atoms with Gasteiger partial charge in [-0.05, 0) is 32.0 Å². The van der Waals surface area contributed by atoms with Gasteiger partial charge >= 0.3 is 0 Å². The molecule has 0 saturated carbocycles. The molecule has 0 aliphatic carbocycles. The number of benzene rings is 1. The molecule has 3 rings (SSSR count). The fraction of sp³-hybridized carbons (Fsp3) is 0.529. The summed E-state index contributed by atoms with van der Waals surface area (Å²) in [6, 6.07) is 8.38. The minimum Gasteiger partial charge on any atom is -0.311 e. The molecule has 4 heteroatoms. The van der Waals surface area contributed by atoms with Gasteiger partial charge < -0.3 is 10.2 Å². The lowest BCUT2D eigenvalue weighted by Crippen LogP contribution is -2.32. The molecule has 1 aliphatic rings. The summed E-state index contributed by atoms with van der Waals surface area (Å²) in [5.74, 6) is 0. The molecule has 0 amide bonds. The van der Waals surface area contributed by atoms with Crippen molar-refractivity contribution in [2.45, 2.75) is 32.2 Å². The van der Waals surface area contributed by atoms with Crippen LogP contribution in [0.3, 0.4) is 0 Å². The van der Waals surface area contributed by atoms with E-state index in [2.05, 4.69) is 34.5 Å². The first kappa shape index (κ1) is 15.3. The normalized spacial score (nSPS) is 17.2. The van der Waals surface area contributed by atoms with Gasteiger partial charge in [0.2, 0.25) is 0 Å². The van der Waals surface area contributed by atoms with E-state index in [1.54, 1.807) is 11.3 Å². The third-order valence-corrected chi connectivity index (χ3v) is 5.91. The second kappa shape index (κ2) is 7.59. The summed E-state index contributed by atoms with van der Waals surface area (Å²) in [5, 5.41) is 5.67. The van der Waals surface area contributed by atoms with Gasteiger partial charge in [0.05, 0.1) is 5.02 Å². The molecule has 0 atom stereocenters. The van der Waals surface area contributed by atoms with E-state index in [0.717, 1.165) is 24.7 Å². The fourth-order valence-electron chi connectivity index (χ4n) is 2.98. The van der Waals surface area contributed by atoms with E-state index in [0.29, 0.717) is 0 Å². The van der Waals surface area contributed by atoms with E-state index in [4.69, 9.17) is 11.6 Å². The predicted molar refractivity (Wildman–Crippen MR) is 93.4 cm³/mol. The highest BCUT2D eigenvalue weighted by Gasteiger charge is 2.10. The van der Waals surface area contributed by atoms with Crippen LogP contribution in [0, 0.1) is 0 Å². The van der Waals surface area contributed by atoms with Crippen LogP contribution in [0.4, 0.5) is 0 Å². The van der Waals surface area contributed by atoms with Crippen LogP contribution >= 0.6 is 22.9 Å². The summed E-state index contributed by atoms with van der Waals surface area (Å²) in [7, 11) is 0. The molecule has 1 saturated heterocycles. The number of hydrogen-bond donors (Lipinski definition) is 1. The van der Waals surface area contributed by atoms with Crippen molar-refractivity contribution >= 4 is 33.0 Å². The molecule has 0 spiro atoms. The van der Waals surface area contributed by atoms with E-state index in [9.17, 15) is 0 Å². The van der Waals surface area contributed by atoms with Crippen LogP contribution in [0.15, 0.2) is 24.3 Å². The van der Waals surface area contributed by atoms with E-state index in [-0.39, 0.29) is 0 Å². The maximum atomic E-state index is 6.47. The Labute approximate surface area is 136 Å². The van der Waals surface area contributed by atoms with Crippen molar-refractivity contribution in [2.75, 3.05) is 26.2 Å². The molecule has 1 aliphatic heterocycles. The van der Waals surface area contributed by atoms with E-state index < -0.39 is 0 Å². The average Bonchev–Trinajstić information content (AvgIpc) is 2.69. The lowest BCUT2D eigenvalue weighted by Gasteiger charge is -2.19. The van der Waals surface area contributed by atoms with Gasteiger partial charge in [-0.1, -0.05) is 42.6 Å². The molecule has 2 aromatic rings. The molecule has 1 aromatic heterocycles. The molecule has 1 aromatic carbocycles. The van der Waals surface area contributed by atoms with Gasteiger partial charge in [0.25, 0.3) is 0 Å². The Hall–Kier alpha value is -0.610. The third kappa shape index (κ3) is 3.98. The lowest BCUT2D eigenvalue weighted by atomic mass is 10.2. The molecule has 0 radical (unpaired) electrons. The zero-order chi connectivity index (χ0) is 14.5. The maximum Gasteiger partial charge on any atom is 0.0636 e. The molecule has 2 nitrogen and oxygen atoms in total. The van der Waals surface area contributed by atoms with E-state index in [1.165, 1.54) is 53.7 Å². The van der Waals surface area contributed by atoms with Crippen LogP contribution < -0.4 is 5.32 Å². The van der Waals surface area contributed by atoms with Crippen LogP contribution in [-0.4, -0.2) is 31.1 Å². The quantitative estimate of drug-likeness (QED) is 0.814. The second-order valence-electron chi connectivity index (χ2n) is 5.77. The van der Waals surface area contributed by atoms with Gasteiger partial charge in [0.15, 0.2) is 0 Å². The van der Waals surface area contributed by atoms with Gasteiger partial charge in [0, 0.05) is 34.6 Å². The van der Waals surface area contributed by atoms with Crippen LogP contribution in [0.2, 0.25) is 5.02 Å². The Morgan fingerprint density at radius 1 is 1.10 bits per heavy atom. The minimum absolute atomic E-state index is 0.881. The SMILES string of the molecule is Clc1c(CNCCN2CCCCCC2)sc2ccccc12. The number of rotatable bonds is 5. The lowest BCUT2D eigenvalue weighted by molar-refractivity contribution is 0.284. The Balaban J connectivity index is 1.49. The van der Waals surface area contributed by atoms with Crippen molar-refractivity contribution in [3.8, 4) is 0 Å². The molecule has 1 fully saturated rings. The van der Waals surface area contributed by atoms with Gasteiger partial charge in [-0.25, -0.2) is 0 Å².